The van der Waals surface area contributed by atoms with Crippen LogP contribution in [0.4, 0.5) is 5.69 Å². The second kappa shape index (κ2) is 7.83. The zero-order valence-electron chi connectivity index (χ0n) is 15.2. The molecule has 0 saturated heterocycles. The standard InChI is InChI=1S/C16H22N6O3S/c1-16(2,8-17)9-20(3)14(23)11-5-6-13(12(7-11)22(24)25)26-15-19-18-10-21(15)4/h5-7,10H,8-9,17H2,1-4H3. The first-order valence-corrected chi connectivity index (χ1v) is 8.72. The molecule has 0 bridgehead atoms. The van der Waals surface area contributed by atoms with E-state index in [-0.39, 0.29) is 22.6 Å². The topological polar surface area (TPSA) is 120 Å². The Labute approximate surface area is 155 Å². The normalized spacial score (nSPS) is 11.4. The molecular weight excluding hydrogens is 356 g/mol. The second-order valence-corrected chi connectivity index (χ2v) is 7.80. The van der Waals surface area contributed by atoms with Gasteiger partial charge in [0.2, 0.25) is 0 Å². The highest BCUT2D eigenvalue weighted by Gasteiger charge is 2.25. The molecule has 2 rings (SSSR count). The van der Waals surface area contributed by atoms with E-state index in [1.54, 1.807) is 30.8 Å². The quantitative estimate of drug-likeness (QED) is 0.577. The minimum absolute atomic E-state index is 0.143. The fourth-order valence-electron chi connectivity index (χ4n) is 2.34. The molecular formula is C16H22N6O3S. The number of nitro benzene ring substituents is 1. The van der Waals surface area contributed by atoms with Gasteiger partial charge in [-0.1, -0.05) is 13.8 Å². The highest BCUT2D eigenvalue weighted by atomic mass is 32.2. The molecule has 1 aromatic carbocycles. The van der Waals surface area contributed by atoms with E-state index in [9.17, 15) is 14.9 Å². The molecule has 1 heterocycles. The molecule has 0 atom stereocenters. The number of carbonyl (C=O) groups excluding carboxylic acids is 1. The first-order valence-electron chi connectivity index (χ1n) is 7.90. The average molecular weight is 378 g/mol. The van der Waals surface area contributed by atoms with E-state index in [1.807, 2.05) is 13.8 Å². The summed E-state index contributed by atoms with van der Waals surface area (Å²) in [5.41, 5.74) is 5.59. The van der Waals surface area contributed by atoms with Crippen LogP contribution in [0.1, 0.15) is 24.2 Å². The maximum atomic E-state index is 12.6. The van der Waals surface area contributed by atoms with Gasteiger partial charge >= 0.3 is 0 Å². The SMILES string of the molecule is CN(CC(C)(C)CN)C(=O)c1ccc(Sc2nncn2C)c([N+](=O)[O-])c1. The van der Waals surface area contributed by atoms with Crippen molar-refractivity contribution in [1.82, 2.24) is 19.7 Å². The van der Waals surface area contributed by atoms with Crippen molar-refractivity contribution in [2.24, 2.45) is 18.2 Å². The maximum absolute atomic E-state index is 12.6. The van der Waals surface area contributed by atoms with Crippen molar-refractivity contribution in [3.05, 3.63) is 40.2 Å². The second-order valence-electron chi connectivity index (χ2n) is 6.80. The van der Waals surface area contributed by atoms with Crippen LogP contribution < -0.4 is 5.73 Å². The van der Waals surface area contributed by atoms with Gasteiger partial charge in [-0.15, -0.1) is 10.2 Å². The third-order valence-corrected chi connectivity index (χ3v) is 4.96. The van der Waals surface area contributed by atoms with Crippen LogP contribution in [-0.2, 0) is 7.05 Å². The largest absolute Gasteiger partial charge is 0.341 e. The fraction of sp³-hybridized carbons (Fsp3) is 0.438. The Morgan fingerprint density at radius 2 is 2.15 bits per heavy atom. The van der Waals surface area contributed by atoms with Crippen LogP contribution in [-0.4, -0.2) is 50.6 Å². The number of benzene rings is 1. The average Bonchev–Trinajstić information content (AvgIpc) is 2.99. The van der Waals surface area contributed by atoms with E-state index in [1.165, 1.54) is 17.3 Å². The molecule has 0 spiro atoms. The van der Waals surface area contributed by atoms with Gasteiger partial charge in [0.05, 0.1) is 9.82 Å². The van der Waals surface area contributed by atoms with Gasteiger partial charge in [-0.25, -0.2) is 0 Å². The van der Waals surface area contributed by atoms with E-state index in [4.69, 9.17) is 5.73 Å². The van der Waals surface area contributed by atoms with Crippen molar-refractivity contribution >= 4 is 23.4 Å². The van der Waals surface area contributed by atoms with E-state index in [0.717, 1.165) is 11.8 Å². The number of nitrogens with zero attached hydrogens (tertiary/aromatic N) is 5. The van der Waals surface area contributed by atoms with Gasteiger partial charge in [-0.05, 0) is 35.9 Å². The Morgan fingerprint density at radius 3 is 2.69 bits per heavy atom. The first kappa shape index (κ1) is 19.9. The number of hydrogen-bond donors (Lipinski definition) is 1. The number of aromatic nitrogens is 3. The van der Waals surface area contributed by atoms with Crippen molar-refractivity contribution in [3.63, 3.8) is 0 Å². The summed E-state index contributed by atoms with van der Waals surface area (Å²) in [6.07, 6.45) is 1.51. The van der Waals surface area contributed by atoms with Gasteiger partial charge in [-0.2, -0.15) is 0 Å². The number of rotatable bonds is 7. The Morgan fingerprint density at radius 1 is 1.46 bits per heavy atom. The van der Waals surface area contributed by atoms with Gasteiger partial charge in [0.1, 0.15) is 6.33 Å². The third kappa shape index (κ3) is 4.58. The van der Waals surface area contributed by atoms with Gasteiger partial charge in [-0.3, -0.25) is 14.9 Å². The lowest BCUT2D eigenvalue weighted by atomic mass is 9.93. The summed E-state index contributed by atoms with van der Waals surface area (Å²) in [6.45, 7) is 4.79. The van der Waals surface area contributed by atoms with Gasteiger partial charge in [0.25, 0.3) is 11.6 Å². The molecule has 2 aromatic rings. The van der Waals surface area contributed by atoms with Crippen LogP contribution in [0, 0.1) is 15.5 Å². The van der Waals surface area contributed by atoms with Crippen LogP contribution >= 0.6 is 11.8 Å². The lowest BCUT2D eigenvalue weighted by Crippen LogP contribution is -2.39. The highest BCUT2D eigenvalue weighted by Crippen LogP contribution is 2.34. The van der Waals surface area contributed by atoms with Crippen LogP contribution in [0.2, 0.25) is 0 Å². The van der Waals surface area contributed by atoms with Crippen molar-refractivity contribution in [2.75, 3.05) is 20.1 Å². The lowest BCUT2D eigenvalue weighted by Gasteiger charge is -2.29. The first-order chi connectivity index (χ1) is 12.1. The van der Waals surface area contributed by atoms with Crippen molar-refractivity contribution in [2.45, 2.75) is 23.9 Å². The zero-order valence-corrected chi connectivity index (χ0v) is 16.0. The molecule has 0 fully saturated rings. The van der Waals surface area contributed by atoms with Crippen LogP contribution in [0.15, 0.2) is 34.6 Å². The number of aryl methyl sites for hydroxylation is 1. The van der Waals surface area contributed by atoms with Crippen LogP contribution in [0.5, 0.6) is 0 Å². The highest BCUT2D eigenvalue weighted by molar-refractivity contribution is 7.99. The minimum atomic E-state index is -0.501. The predicted molar refractivity (Wildman–Crippen MR) is 98.0 cm³/mol. The van der Waals surface area contributed by atoms with E-state index in [2.05, 4.69) is 10.2 Å². The van der Waals surface area contributed by atoms with Crippen LogP contribution in [0.25, 0.3) is 0 Å². The third-order valence-electron chi connectivity index (χ3n) is 3.84. The number of nitro groups is 1. The lowest BCUT2D eigenvalue weighted by molar-refractivity contribution is -0.387. The van der Waals surface area contributed by atoms with Gasteiger partial charge in [0.15, 0.2) is 5.16 Å². The summed E-state index contributed by atoms with van der Waals surface area (Å²) in [5, 5.41) is 19.7. The summed E-state index contributed by atoms with van der Waals surface area (Å²) in [6, 6.07) is 4.44. The number of carbonyl (C=O) groups is 1. The zero-order chi connectivity index (χ0) is 19.5. The molecule has 0 aliphatic rings. The van der Waals surface area contributed by atoms with Crippen molar-refractivity contribution < 1.29 is 9.72 Å². The Hall–Kier alpha value is -2.46. The molecule has 0 unspecified atom stereocenters. The molecule has 0 radical (unpaired) electrons. The molecule has 2 N–H and O–H groups in total. The van der Waals surface area contributed by atoms with Crippen molar-refractivity contribution in [1.29, 1.82) is 0 Å². The molecule has 9 nitrogen and oxygen atoms in total. The molecule has 0 aliphatic carbocycles. The summed E-state index contributed by atoms with van der Waals surface area (Å²) in [5.74, 6) is -0.287. The van der Waals surface area contributed by atoms with Gasteiger partial charge < -0.3 is 15.2 Å². The maximum Gasteiger partial charge on any atom is 0.284 e. The monoisotopic (exact) mass is 378 g/mol. The Bertz CT molecular complexity index is 820. The van der Waals surface area contributed by atoms with Crippen molar-refractivity contribution in [3.8, 4) is 0 Å². The smallest absolute Gasteiger partial charge is 0.284 e. The molecule has 26 heavy (non-hydrogen) atoms. The Kier molecular flexibility index (Phi) is 5.98. The number of hydrogen-bond acceptors (Lipinski definition) is 7. The summed E-state index contributed by atoms with van der Waals surface area (Å²) in [7, 11) is 3.41. The fourth-order valence-corrected chi connectivity index (χ4v) is 3.19. The molecule has 1 aromatic heterocycles. The number of amides is 1. The van der Waals surface area contributed by atoms with E-state index < -0.39 is 4.92 Å². The summed E-state index contributed by atoms with van der Waals surface area (Å²) >= 11 is 1.12. The summed E-state index contributed by atoms with van der Waals surface area (Å²) in [4.78, 5) is 25.5. The summed E-state index contributed by atoms with van der Waals surface area (Å²) < 4.78 is 1.66. The predicted octanol–water partition coefficient (Wildman–Crippen LogP) is 1.93. The molecule has 1 amide bonds. The Balaban J connectivity index is 2.28. The van der Waals surface area contributed by atoms with E-state index >= 15 is 0 Å². The molecule has 0 aliphatic heterocycles. The molecule has 140 valence electrons. The number of nitrogens with two attached hydrogens (primary N) is 1. The minimum Gasteiger partial charge on any atom is -0.341 e. The van der Waals surface area contributed by atoms with Crippen LogP contribution in [0.3, 0.4) is 0 Å². The molecule has 0 saturated carbocycles. The van der Waals surface area contributed by atoms with E-state index in [0.29, 0.717) is 23.1 Å². The molecule has 10 heteroatoms. The van der Waals surface area contributed by atoms with Gasteiger partial charge in [0, 0.05) is 32.3 Å².